The predicted octanol–water partition coefficient (Wildman–Crippen LogP) is 3.44. The molecule has 0 unspecified atom stereocenters. The predicted molar refractivity (Wildman–Crippen MR) is 81.9 cm³/mol. The van der Waals surface area contributed by atoms with Crippen LogP contribution in [-0.4, -0.2) is 19.8 Å². The van der Waals surface area contributed by atoms with E-state index in [4.69, 9.17) is 11.6 Å². The standard InChI is InChI=1S/C15H15ClFNO2S/c1-18(10-12-6-8-14(16)9-7-12)21(19,20)11-13-4-2-3-5-15(13)17/h2-9H,10-11H2,1H3. The fraction of sp³-hybridized carbons (Fsp3) is 0.200. The van der Waals surface area contributed by atoms with Crippen LogP contribution in [0, 0.1) is 5.82 Å². The molecule has 0 saturated carbocycles. The minimum atomic E-state index is -3.58. The summed E-state index contributed by atoms with van der Waals surface area (Å²) in [5, 5.41) is 0.593. The van der Waals surface area contributed by atoms with Gasteiger partial charge in [-0.25, -0.2) is 17.1 Å². The van der Waals surface area contributed by atoms with E-state index in [1.54, 1.807) is 30.3 Å². The van der Waals surface area contributed by atoms with Gasteiger partial charge in [0.15, 0.2) is 0 Å². The van der Waals surface area contributed by atoms with Gasteiger partial charge in [0.1, 0.15) is 5.82 Å². The van der Waals surface area contributed by atoms with E-state index in [2.05, 4.69) is 0 Å². The molecule has 112 valence electrons. The van der Waals surface area contributed by atoms with E-state index in [1.807, 2.05) is 0 Å². The maximum Gasteiger partial charge on any atom is 0.218 e. The highest BCUT2D eigenvalue weighted by Gasteiger charge is 2.20. The van der Waals surface area contributed by atoms with Gasteiger partial charge in [-0.2, -0.15) is 0 Å². The maximum atomic E-state index is 13.6. The Balaban J connectivity index is 2.12. The second-order valence-electron chi connectivity index (χ2n) is 4.73. The molecule has 0 aromatic heterocycles. The Morgan fingerprint density at radius 1 is 1.10 bits per heavy atom. The van der Waals surface area contributed by atoms with Crippen LogP contribution in [0.1, 0.15) is 11.1 Å². The lowest BCUT2D eigenvalue weighted by Gasteiger charge is -2.17. The molecule has 21 heavy (non-hydrogen) atoms. The first kappa shape index (κ1) is 15.9. The van der Waals surface area contributed by atoms with Gasteiger partial charge < -0.3 is 0 Å². The summed E-state index contributed by atoms with van der Waals surface area (Å²) in [5.41, 5.74) is 0.986. The molecular formula is C15H15ClFNO2S. The Kier molecular flexibility index (Phi) is 4.98. The van der Waals surface area contributed by atoms with Gasteiger partial charge in [0, 0.05) is 24.2 Å². The van der Waals surface area contributed by atoms with Crippen LogP contribution in [0.2, 0.25) is 5.02 Å². The van der Waals surface area contributed by atoms with Crippen molar-refractivity contribution >= 4 is 21.6 Å². The summed E-state index contributed by atoms with van der Waals surface area (Å²) in [5.74, 6) is -0.870. The summed E-state index contributed by atoms with van der Waals surface area (Å²) >= 11 is 5.79. The van der Waals surface area contributed by atoms with Crippen molar-refractivity contribution in [1.82, 2.24) is 4.31 Å². The molecule has 0 radical (unpaired) electrons. The highest BCUT2D eigenvalue weighted by molar-refractivity contribution is 7.88. The third-order valence-corrected chi connectivity index (χ3v) is 5.10. The number of hydrogen-bond donors (Lipinski definition) is 0. The summed E-state index contributed by atoms with van der Waals surface area (Å²) in [4.78, 5) is 0. The zero-order valence-electron chi connectivity index (χ0n) is 11.5. The van der Waals surface area contributed by atoms with Gasteiger partial charge >= 0.3 is 0 Å². The van der Waals surface area contributed by atoms with Crippen molar-refractivity contribution in [3.05, 3.63) is 70.5 Å². The van der Waals surface area contributed by atoms with Crippen molar-refractivity contribution in [1.29, 1.82) is 0 Å². The second kappa shape index (κ2) is 6.56. The molecule has 0 saturated heterocycles. The van der Waals surface area contributed by atoms with E-state index >= 15 is 0 Å². The van der Waals surface area contributed by atoms with Crippen LogP contribution in [0.5, 0.6) is 0 Å². The van der Waals surface area contributed by atoms with Gasteiger partial charge in [0.2, 0.25) is 10.0 Å². The fourth-order valence-electron chi connectivity index (χ4n) is 1.87. The van der Waals surface area contributed by atoms with Crippen molar-refractivity contribution in [2.75, 3.05) is 7.05 Å². The van der Waals surface area contributed by atoms with Crippen LogP contribution in [0.15, 0.2) is 48.5 Å². The third kappa shape index (κ3) is 4.27. The Bertz CT molecular complexity index is 717. The number of benzene rings is 2. The van der Waals surface area contributed by atoms with E-state index < -0.39 is 15.8 Å². The number of nitrogens with zero attached hydrogens (tertiary/aromatic N) is 1. The Labute approximate surface area is 129 Å². The molecule has 0 amide bonds. The molecule has 6 heteroatoms. The smallest absolute Gasteiger partial charge is 0.212 e. The minimum Gasteiger partial charge on any atom is -0.212 e. The maximum absolute atomic E-state index is 13.6. The largest absolute Gasteiger partial charge is 0.218 e. The molecule has 2 aromatic rings. The highest BCUT2D eigenvalue weighted by atomic mass is 35.5. The number of hydrogen-bond acceptors (Lipinski definition) is 2. The average molecular weight is 328 g/mol. The molecule has 2 rings (SSSR count). The summed E-state index contributed by atoms with van der Waals surface area (Å²) in [7, 11) is -2.11. The van der Waals surface area contributed by atoms with E-state index in [-0.39, 0.29) is 17.9 Å². The topological polar surface area (TPSA) is 37.4 Å². The van der Waals surface area contributed by atoms with Crippen LogP contribution >= 0.6 is 11.6 Å². The monoisotopic (exact) mass is 327 g/mol. The second-order valence-corrected chi connectivity index (χ2v) is 7.24. The van der Waals surface area contributed by atoms with E-state index in [0.717, 1.165) is 5.56 Å². The highest BCUT2D eigenvalue weighted by Crippen LogP contribution is 2.16. The Hall–Kier alpha value is -1.43. The summed E-state index contributed by atoms with van der Waals surface area (Å²) in [6.07, 6.45) is 0. The first-order valence-electron chi connectivity index (χ1n) is 6.30. The van der Waals surface area contributed by atoms with Gasteiger partial charge in [0.05, 0.1) is 5.75 Å². The molecular weight excluding hydrogens is 313 g/mol. The van der Waals surface area contributed by atoms with Crippen LogP contribution in [0.4, 0.5) is 4.39 Å². The fourth-order valence-corrected chi connectivity index (χ4v) is 3.19. The van der Waals surface area contributed by atoms with E-state index in [0.29, 0.717) is 5.02 Å². The van der Waals surface area contributed by atoms with Crippen LogP contribution in [0.3, 0.4) is 0 Å². The molecule has 0 bridgehead atoms. The molecule has 2 aromatic carbocycles. The van der Waals surface area contributed by atoms with E-state index in [9.17, 15) is 12.8 Å². The molecule has 3 nitrogen and oxygen atoms in total. The first-order valence-corrected chi connectivity index (χ1v) is 8.29. The van der Waals surface area contributed by atoms with Gasteiger partial charge in [-0.3, -0.25) is 0 Å². The Morgan fingerprint density at radius 3 is 2.33 bits per heavy atom. The van der Waals surface area contributed by atoms with Gasteiger partial charge in [-0.1, -0.05) is 41.9 Å². The normalized spacial score (nSPS) is 11.8. The van der Waals surface area contributed by atoms with Crippen LogP contribution in [0.25, 0.3) is 0 Å². The molecule has 0 N–H and O–H groups in total. The van der Waals surface area contributed by atoms with Crippen molar-refractivity contribution < 1.29 is 12.8 Å². The minimum absolute atomic E-state index is 0.167. The lowest BCUT2D eigenvalue weighted by molar-refractivity contribution is 0.464. The van der Waals surface area contributed by atoms with Crippen molar-refractivity contribution in [2.24, 2.45) is 0 Å². The molecule has 0 spiro atoms. The van der Waals surface area contributed by atoms with Gasteiger partial charge in [-0.15, -0.1) is 0 Å². The number of rotatable bonds is 5. The summed E-state index contributed by atoms with van der Waals surface area (Å²) in [6, 6.07) is 12.8. The zero-order chi connectivity index (χ0) is 15.5. The first-order chi connectivity index (χ1) is 9.88. The van der Waals surface area contributed by atoms with Crippen molar-refractivity contribution in [3.63, 3.8) is 0 Å². The molecule has 0 heterocycles. The summed E-state index contributed by atoms with van der Waals surface area (Å²) in [6.45, 7) is 0.216. The molecule has 0 aliphatic rings. The Morgan fingerprint density at radius 2 is 1.71 bits per heavy atom. The molecule has 0 atom stereocenters. The number of halogens is 2. The molecule has 0 aliphatic carbocycles. The number of sulfonamides is 1. The molecule has 0 fully saturated rings. The van der Waals surface area contributed by atoms with Gasteiger partial charge in [0.25, 0.3) is 0 Å². The third-order valence-electron chi connectivity index (χ3n) is 3.09. The van der Waals surface area contributed by atoms with Crippen molar-refractivity contribution in [2.45, 2.75) is 12.3 Å². The zero-order valence-corrected chi connectivity index (χ0v) is 13.0. The lowest BCUT2D eigenvalue weighted by atomic mass is 10.2. The lowest BCUT2D eigenvalue weighted by Crippen LogP contribution is -2.28. The SMILES string of the molecule is CN(Cc1ccc(Cl)cc1)S(=O)(=O)Cc1ccccc1F. The van der Waals surface area contributed by atoms with Gasteiger partial charge in [-0.05, 0) is 23.8 Å². The molecule has 0 aliphatic heterocycles. The van der Waals surface area contributed by atoms with E-state index in [1.165, 1.54) is 29.6 Å². The quantitative estimate of drug-likeness (QED) is 0.843. The average Bonchev–Trinajstić information content (AvgIpc) is 2.43. The van der Waals surface area contributed by atoms with Crippen LogP contribution < -0.4 is 0 Å². The van der Waals surface area contributed by atoms with Crippen molar-refractivity contribution in [3.8, 4) is 0 Å². The van der Waals surface area contributed by atoms with Crippen LogP contribution in [-0.2, 0) is 22.3 Å². The summed E-state index contributed by atoms with van der Waals surface area (Å²) < 4.78 is 39.3.